The van der Waals surface area contributed by atoms with Gasteiger partial charge in [-0.2, -0.15) is 0 Å². The maximum atomic E-state index is 11.9. The summed E-state index contributed by atoms with van der Waals surface area (Å²) in [4.78, 5) is 23.5. The van der Waals surface area contributed by atoms with Crippen molar-refractivity contribution in [3.63, 3.8) is 0 Å². The maximum Gasteiger partial charge on any atom is 0.328 e. The van der Waals surface area contributed by atoms with Crippen LogP contribution < -0.4 is 5.32 Å². The van der Waals surface area contributed by atoms with E-state index in [2.05, 4.69) is 5.32 Å². The number of ether oxygens (including phenoxy) is 1. The molecule has 0 bridgehead atoms. The van der Waals surface area contributed by atoms with Gasteiger partial charge in [0.25, 0.3) is 0 Å². The van der Waals surface area contributed by atoms with Crippen LogP contribution in [0.3, 0.4) is 0 Å². The van der Waals surface area contributed by atoms with Gasteiger partial charge in [0.05, 0.1) is 13.0 Å². The van der Waals surface area contributed by atoms with Gasteiger partial charge in [0.1, 0.15) is 6.04 Å². The first-order valence-electron chi connectivity index (χ1n) is 6.93. The molecule has 4 heteroatoms. The molecule has 104 valence electrons. The summed E-state index contributed by atoms with van der Waals surface area (Å²) in [6, 6.07) is 8.02. The Bertz CT molecular complexity index is 448. The van der Waals surface area contributed by atoms with Crippen LogP contribution >= 0.6 is 0 Å². The molecule has 19 heavy (non-hydrogen) atoms. The first-order chi connectivity index (χ1) is 9.41. The molecule has 0 fully saturated rings. The van der Waals surface area contributed by atoms with Gasteiger partial charge in [0, 0.05) is 1.37 Å². The van der Waals surface area contributed by atoms with Gasteiger partial charge in [0.2, 0.25) is 5.91 Å². The molecular weight excluding hydrogens is 242 g/mol. The van der Waals surface area contributed by atoms with Gasteiger partial charge in [-0.25, -0.2) is 4.79 Å². The largest absolute Gasteiger partial charge is 0.464 e. The van der Waals surface area contributed by atoms with Crippen molar-refractivity contribution in [2.45, 2.75) is 33.2 Å². The Morgan fingerprint density at radius 3 is 2.47 bits per heavy atom. The highest BCUT2D eigenvalue weighted by Gasteiger charge is 2.17. The van der Waals surface area contributed by atoms with E-state index >= 15 is 0 Å². The molecule has 0 aliphatic heterocycles. The lowest BCUT2D eigenvalue weighted by atomic mass is 10.1. The Hall–Kier alpha value is -1.84. The van der Waals surface area contributed by atoms with Gasteiger partial charge >= 0.3 is 5.97 Å². The molecule has 1 amide bonds. The van der Waals surface area contributed by atoms with Crippen LogP contribution in [0.4, 0.5) is 0 Å². The smallest absolute Gasteiger partial charge is 0.328 e. The minimum Gasteiger partial charge on any atom is -0.464 e. The van der Waals surface area contributed by atoms with Crippen molar-refractivity contribution in [2.24, 2.45) is 5.92 Å². The first kappa shape index (κ1) is 13.6. The van der Waals surface area contributed by atoms with Gasteiger partial charge < -0.3 is 10.1 Å². The highest BCUT2D eigenvalue weighted by atomic mass is 16.5. The third kappa shape index (κ3) is 6.04. The van der Waals surface area contributed by atoms with E-state index in [0.717, 1.165) is 0 Å². The van der Waals surface area contributed by atoms with Gasteiger partial charge in [-0.3, -0.25) is 4.79 Å². The van der Waals surface area contributed by atoms with Crippen molar-refractivity contribution in [1.29, 1.82) is 0 Å². The van der Waals surface area contributed by atoms with Gasteiger partial charge in [-0.15, -0.1) is 0 Å². The number of nitrogens with one attached hydrogen (secondary N) is 1. The molecule has 0 heterocycles. The monoisotopic (exact) mass is 264 g/mol. The molecule has 0 spiro atoms. The van der Waals surface area contributed by atoms with Crippen LogP contribution in [0.25, 0.3) is 0 Å². The zero-order chi connectivity index (χ0) is 15.1. The summed E-state index contributed by atoms with van der Waals surface area (Å²) in [7, 11) is 0. The third-order valence-electron chi connectivity index (χ3n) is 2.37. The number of hydrogen-bond acceptors (Lipinski definition) is 3. The topological polar surface area (TPSA) is 55.4 Å². The van der Waals surface area contributed by atoms with E-state index in [1.807, 2.05) is 19.9 Å². The summed E-state index contributed by atoms with van der Waals surface area (Å²) < 4.78 is 12.9. The number of hydrogen-bond donors (Lipinski definition) is 1. The molecule has 0 aliphatic carbocycles. The highest BCUT2D eigenvalue weighted by molar-refractivity contribution is 5.85. The number of rotatable bonds is 6. The molecule has 1 aromatic rings. The fourth-order valence-corrected chi connectivity index (χ4v) is 1.39. The number of carbonyl (C=O) groups is 2. The van der Waals surface area contributed by atoms with Crippen molar-refractivity contribution in [1.82, 2.24) is 5.32 Å². The number of benzene rings is 1. The minimum absolute atomic E-state index is 0.245. The summed E-state index contributed by atoms with van der Waals surface area (Å²) in [5, 5.41) is 2.50. The normalized spacial score (nSPS) is 14.4. The zero-order valence-corrected chi connectivity index (χ0v) is 11.6. The number of carbonyl (C=O) groups excluding carboxylic acids is 2. The Kier molecular flexibility index (Phi) is 5.41. The van der Waals surface area contributed by atoms with Crippen LogP contribution in [0.1, 0.15) is 27.7 Å². The molecule has 0 saturated heterocycles. The number of amides is 1. The Morgan fingerprint density at radius 1 is 1.26 bits per heavy atom. The van der Waals surface area contributed by atoms with E-state index in [1.54, 1.807) is 31.2 Å². The second-order valence-electron chi connectivity index (χ2n) is 4.81. The van der Waals surface area contributed by atoms with E-state index in [9.17, 15) is 9.59 Å². The summed E-state index contributed by atoms with van der Waals surface area (Å²) in [6.45, 7) is 5.75. The van der Waals surface area contributed by atoms with E-state index in [1.165, 1.54) is 0 Å². The molecule has 4 nitrogen and oxygen atoms in total. The van der Waals surface area contributed by atoms with E-state index in [0.29, 0.717) is 12.2 Å². The van der Waals surface area contributed by atoms with E-state index in [4.69, 9.17) is 6.11 Å². The molecule has 1 unspecified atom stereocenters. The van der Waals surface area contributed by atoms with Crippen molar-refractivity contribution in [3.05, 3.63) is 35.9 Å². The minimum atomic E-state index is -1.04. The zero-order valence-electron chi connectivity index (χ0n) is 12.6. The fourth-order valence-electron chi connectivity index (χ4n) is 1.39. The van der Waals surface area contributed by atoms with E-state index < -0.39 is 24.3 Å². The van der Waals surface area contributed by atoms with Crippen molar-refractivity contribution in [3.8, 4) is 0 Å². The Labute approximate surface area is 115 Å². The molecule has 1 N–H and O–H groups in total. The maximum absolute atomic E-state index is 11.9. The molecule has 0 saturated carbocycles. The molecule has 1 aromatic carbocycles. The first-order valence-corrected chi connectivity index (χ1v) is 6.36. The van der Waals surface area contributed by atoms with Crippen LogP contribution in [0.15, 0.2) is 30.3 Å². The van der Waals surface area contributed by atoms with Crippen LogP contribution in [0, 0.1) is 5.92 Å². The lowest BCUT2D eigenvalue weighted by Gasteiger charge is -2.14. The molecular formula is C15H21NO3. The molecule has 0 aromatic heterocycles. The highest BCUT2D eigenvalue weighted by Crippen LogP contribution is 2.00. The fraction of sp³-hybridized carbons (Fsp3) is 0.467. The van der Waals surface area contributed by atoms with Crippen molar-refractivity contribution < 1.29 is 15.7 Å². The van der Waals surface area contributed by atoms with E-state index in [-0.39, 0.29) is 5.92 Å². The third-order valence-corrected chi connectivity index (χ3v) is 2.37. The standard InChI is InChI=1S/C15H21NO3/c1-11(2)10-19-15(18)12(3)16-14(17)9-13-7-5-4-6-8-13/h4-8,11-12H,9-10H2,1-3H3,(H,16,17)/t12-/m0/s1/i9D/t9?,12-. The van der Waals surface area contributed by atoms with Crippen LogP contribution in [0.2, 0.25) is 0 Å². The van der Waals surface area contributed by atoms with Crippen LogP contribution in [-0.4, -0.2) is 24.5 Å². The van der Waals surface area contributed by atoms with Crippen molar-refractivity contribution >= 4 is 11.9 Å². The molecule has 0 radical (unpaired) electrons. The summed E-state index contributed by atoms with van der Waals surface area (Å²) in [5.41, 5.74) is 0.591. The molecule has 0 aliphatic rings. The quantitative estimate of drug-likeness (QED) is 0.799. The summed E-state index contributed by atoms with van der Waals surface area (Å²) >= 11 is 0. The SMILES string of the molecule is [2H]C(C(=O)N[C@@H](C)C(=O)OCC(C)C)c1ccccc1. The molecule has 2 atom stereocenters. The summed E-state index contributed by atoms with van der Waals surface area (Å²) in [5.74, 6) is -0.743. The Morgan fingerprint density at radius 2 is 1.89 bits per heavy atom. The Balaban J connectivity index is 2.51. The predicted molar refractivity (Wildman–Crippen MR) is 73.5 cm³/mol. The van der Waals surface area contributed by atoms with Crippen LogP contribution in [-0.2, 0) is 20.7 Å². The second-order valence-corrected chi connectivity index (χ2v) is 4.81. The van der Waals surface area contributed by atoms with Gasteiger partial charge in [0.15, 0.2) is 0 Å². The average molecular weight is 264 g/mol. The second kappa shape index (κ2) is 7.56. The van der Waals surface area contributed by atoms with Crippen molar-refractivity contribution in [2.75, 3.05) is 6.61 Å². The molecule has 1 rings (SSSR count). The lowest BCUT2D eigenvalue weighted by Crippen LogP contribution is -2.40. The summed E-state index contributed by atoms with van der Waals surface area (Å²) in [6.07, 6.45) is -1.04. The number of esters is 1. The van der Waals surface area contributed by atoms with Gasteiger partial charge in [-0.1, -0.05) is 44.2 Å². The average Bonchev–Trinajstić information content (AvgIpc) is 2.44. The predicted octanol–water partition coefficient (Wildman–Crippen LogP) is 1.93. The van der Waals surface area contributed by atoms with Crippen LogP contribution in [0.5, 0.6) is 0 Å². The van der Waals surface area contributed by atoms with Gasteiger partial charge in [-0.05, 0) is 18.4 Å². The lowest BCUT2D eigenvalue weighted by molar-refractivity contribution is -0.148.